The van der Waals surface area contributed by atoms with E-state index in [0.717, 1.165) is 5.92 Å². The summed E-state index contributed by atoms with van der Waals surface area (Å²) >= 11 is 0. The number of rotatable bonds is 5. The molecule has 0 atom stereocenters. The largest absolute Gasteiger partial charge is 0.394 e. The lowest BCUT2D eigenvalue weighted by Crippen LogP contribution is -2.08. The third kappa shape index (κ3) is 2.80. The third-order valence-corrected chi connectivity index (χ3v) is 3.06. The van der Waals surface area contributed by atoms with Crippen LogP contribution in [0.25, 0.3) is 0 Å². The summed E-state index contributed by atoms with van der Waals surface area (Å²) in [4.78, 5) is 0. The number of aliphatic hydroxyl groups is 1. The van der Waals surface area contributed by atoms with Gasteiger partial charge in [0.05, 0.1) is 19.8 Å². The molecule has 0 unspecified atom stereocenters. The molecule has 1 aliphatic rings. The molecule has 0 aromatic heterocycles. The van der Waals surface area contributed by atoms with Crippen molar-refractivity contribution in [3.05, 3.63) is 35.4 Å². The highest BCUT2D eigenvalue weighted by Crippen LogP contribution is 2.36. The Balaban J connectivity index is 1.86. The average Bonchev–Trinajstić information content (AvgIpc) is 2.18. The van der Waals surface area contributed by atoms with Crippen LogP contribution in [0.4, 0.5) is 0 Å². The molecule has 0 saturated heterocycles. The minimum absolute atomic E-state index is 0.0974. The van der Waals surface area contributed by atoms with E-state index in [1.807, 2.05) is 0 Å². The molecule has 2 rings (SSSR count). The highest BCUT2D eigenvalue weighted by molar-refractivity contribution is 5.26. The SMILES string of the molecule is OCCOCc1ccc(C2CCC2)cc1. The molecule has 1 aromatic rings. The Bertz CT molecular complexity index is 288. The van der Waals surface area contributed by atoms with Crippen molar-refractivity contribution in [2.45, 2.75) is 31.8 Å². The van der Waals surface area contributed by atoms with E-state index in [9.17, 15) is 0 Å². The summed E-state index contributed by atoms with van der Waals surface area (Å²) in [5.74, 6) is 0.803. The number of benzene rings is 1. The van der Waals surface area contributed by atoms with Crippen molar-refractivity contribution in [1.82, 2.24) is 0 Å². The number of hydrogen-bond acceptors (Lipinski definition) is 2. The van der Waals surface area contributed by atoms with Crippen LogP contribution in [0.1, 0.15) is 36.3 Å². The molecule has 0 heterocycles. The number of hydrogen-bond donors (Lipinski definition) is 1. The molecule has 0 amide bonds. The molecular formula is C13H18O2. The van der Waals surface area contributed by atoms with Crippen LogP contribution in [0.5, 0.6) is 0 Å². The van der Waals surface area contributed by atoms with E-state index < -0.39 is 0 Å². The molecule has 1 fully saturated rings. The highest BCUT2D eigenvalue weighted by Gasteiger charge is 2.18. The summed E-state index contributed by atoms with van der Waals surface area (Å²) in [6.45, 7) is 1.12. The van der Waals surface area contributed by atoms with Crippen molar-refractivity contribution in [3.8, 4) is 0 Å². The molecule has 1 saturated carbocycles. The fourth-order valence-corrected chi connectivity index (χ4v) is 1.88. The van der Waals surface area contributed by atoms with Crippen LogP contribution in [-0.4, -0.2) is 18.3 Å². The van der Waals surface area contributed by atoms with Crippen molar-refractivity contribution in [3.63, 3.8) is 0 Å². The summed E-state index contributed by atoms with van der Waals surface area (Å²) in [5, 5.41) is 8.58. The summed E-state index contributed by atoms with van der Waals surface area (Å²) in [6.07, 6.45) is 4.08. The average molecular weight is 206 g/mol. The van der Waals surface area contributed by atoms with Crippen LogP contribution >= 0.6 is 0 Å². The molecule has 0 radical (unpaired) electrons. The summed E-state index contributed by atoms with van der Waals surface area (Å²) in [7, 11) is 0. The Hall–Kier alpha value is -0.860. The monoisotopic (exact) mass is 206 g/mol. The molecule has 15 heavy (non-hydrogen) atoms. The summed E-state index contributed by atoms with van der Waals surface area (Å²) in [6, 6.07) is 8.68. The van der Waals surface area contributed by atoms with E-state index in [1.165, 1.54) is 30.4 Å². The zero-order valence-corrected chi connectivity index (χ0v) is 8.98. The lowest BCUT2D eigenvalue weighted by Gasteiger charge is -2.25. The molecule has 0 aliphatic heterocycles. The summed E-state index contributed by atoms with van der Waals surface area (Å²) in [5.41, 5.74) is 2.65. The van der Waals surface area contributed by atoms with E-state index in [0.29, 0.717) is 13.2 Å². The Morgan fingerprint density at radius 1 is 1.20 bits per heavy atom. The van der Waals surface area contributed by atoms with E-state index in [4.69, 9.17) is 9.84 Å². The van der Waals surface area contributed by atoms with Crippen LogP contribution in [0.2, 0.25) is 0 Å². The van der Waals surface area contributed by atoms with Gasteiger partial charge in [0.2, 0.25) is 0 Å². The lowest BCUT2D eigenvalue weighted by atomic mass is 9.80. The van der Waals surface area contributed by atoms with Gasteiger partial charge in [-0.2, -0.15) is 0 Å². The molecule has 1 N–H and O–H groups in total. The van der Waals surface area contributed by atoms with Gasteiger partial charge in [0.25, 0.3) is 0 Å². The van der Waals surface area contributed by atoms with Crippen LogP contribution in [-0.2, 0) is 11.3 Å². The molecule has 2 heteroatoms. The fourth-order valence-electron chi connectivity index (χ4n) is 1.88. The zero-order valence-electron chi connectivity index (χ0n) is 8.98. The maximum Gasteiger partial charge on any atom is 0.0718 e. The van der Waals surface area contributed by atoms with Gasteiger partial charge in [-0.15, -0.1) is 0 Å². The van der Waals surface area contributed by atoms with Gasteiger partial charge in [-0.1, -0.05) is 30.7 Å². The van der Waals surface area contributed by atoms with Gasteiger partial charge in [-0.3, -0.25) is 0 Å². The van der Waals surface area contributed by atoms with Crippen molar-refractivity contribution in [2.75, 3.05) is 13.2 Å². The van der Waals surface area contributed by atoms with E-state index >= 15 is 0 Å². The second kappa shape index (κ2) is 5.29. The highest BCUT2D eigenvalue weighted by atomic mass is 16.5. The van der Waals surface area contributed by atoms with E-state index in [2.05, 4.69) is 24.3 Å². The van der Waals surface area contributed by atoms with Crippen molar-refractivity contribution >= 4 is 0 Å². The lowest BCUT2D eigenvalue weighted by molar-refractivity contribution is 0.0815. The fraction of sp³-hybridized carbons (Fsp3) is 0.538. The zero-order chi connectivity index (χ0) is 10.5. The molecule has 0 bridgehead atoms. The van der Waals surface area contributed by atoms with Gasteiger partial charge >= 0.3 is 0 Å². The molecule has 1 aliphatic carbocycles. The first-order valence-electron chi connectivity index (χ1n) is 5.67. The van der Waals surface area contributed by atoms with Gasteiger partial charge < -0.3 is 9.84 Å². The smallest absolute Gasteiger partial charge is 0.0718 e. The van der Waals surface area contributed by atoms with Gasteiger partial charge in [0.15, 0.2) is 0 Å². The van der Waals surface area contributed by atoms with Crippen LogP contribution in [0, 0.1) is 0 Å². The standard InChI is InChI=1S/C13H18O2/c14-8-9-15-10-11-4-6-13(7-5-11)12-2-1-3-12/h4-7,12,14H,1-3,8-10H2. The normalized spacial score (nSPS) is 16.3. The Kier molecular flexibility index (Phi) is 3.75. The molecule has 0 spiro atoms. The van der Waals surface area contributed by atoms with E-state index in [-0.39, 0.29) is 6.61 Å². The first kappa shape index (κ1) is 10.7. The Morgan fingerprint density at radius 2 is 1.93 bits per heavy atom. The molecular weight excluding hydrogens is 188 g/mol. The number of ether oxygens (including phenoxy) is 1. The third-order valence-electron chi connectivity index (χ3n) is 3.06. The van der Waals surface area contributed by atoms with Crippen molar-refractivity contribution in [1.29, 1.82) is 0 Å². The molecule has 2 nitrogen and oxygen atoms in total. The van der Waals surface area contributed by atoms with Crippen LogP contribution in [0.3, 0.4) is 0 Å². The van der Waals surface area contributed by atoms with Crippen molar-refractivity contribution in [2.24, 2.45) is 0 Å². The van der Waals surface area contributed by atoms with Gasteiger partial charge in [-0.05, 0) is 29.9 Å². The molecule has 82 valence electrons. The summed E-state index contributed by atoms with van der Waals surface area (Å²) < 4.78 is 5.26. The quantitative estimate of drug-likeness (QED) is 0.750. The first-order valence-corrected chi connectivity index (χ1v) is 5.67. The minimum Gasteiger partial charge on any atom is -0.394 e. The minimum atomic E-state index is 0.0974. The second-order valence-corrected chi connectivity index (χ2v) is 4.15. The Morgan fingerprint density at radius 3 is 2.47 bits per heavy atom. The van der Waals surface area contributed by atoms with Crippen molar-refractivity contribution < 1.29 is 9.84 Å². The van der Waals surface area contributed by atoms with Gasteiger partial charge in [0.1, 0.15) is 0 Å². The maximum absolute atomic E-state index is 8.58. The topological polar surface area (TPSA) is 29.5 Å². The predicted molar refractivity (Wildman–Crippen MR) is 59.8 cm³/mol. The predicted octanol–water partition coefficient (Wildman–Crippen LogP) is 2.46. The van der Waals surface area contributed by atoms with Crippen LogP contribution < -0.4 is 0 Å². The number of aliphatic hydroxyl groups excluding tert-OH is 1. The van der Waals surface area contributed by atoms with Gasteiger partial charge in [-0.25, -0.2) is 0 Å². The second-order valence-electron chi connectivity index (χ2n) is 4.15. The molecule has 1 aromatic carbocycles. The van der Waals surface area contributed by atoms with Crippen LogP contribution in [0.15, 0.2) is 24.3 Å². The first-order chi connectivity index (χ1) is 7.40. The maximum atomic E-state index is 8.58. The van der Waals surface area contributed by atoms with Gasteiger partial charge in [0, 0.05) is 0 Å². The van der Waals surface area contributed by atoms with E-state index in [1.54, 1.807) is 0 Å². The Labute approximate surface area is 90.9 Å².